The summed E-state index contributed by atoms with van der Waals surface area (Å²) in [6.07, 6.45) is 9.47. The van der Waals surface area contributed by atoms with E-state index >= 15 is 0 Å². The molecule has 1 N–H and O–H groups in total. The summed E-state index contributed by atoms with van der Waals surface area (Å²) in [5.74, 6) is 1.28. The molecule has 2 unspecified atom stereocenters. The maximum Gasteiger partial charge on any atom is 0.0661 e. The van der Waals surface area contributed by atoms with E-state index in [0.717, 1.165) is 12.6 Å². The largest absolute Gasteiger partial charge is 0.378 e. The van der Waals surface area contributed by atoms with Crippen LogP contribution in [0.15, 0.2) is 0 Å². The first-order valence-corrected chi connectivity index (χ1v) is 8.07. The molecule has 2 saturated carbocycles. The Bertz CT molecular complexity index is 218. The molecule has 0 aromatic rings. The second-order valence-corrected chi connectivity index (χ2v) is 6.11. The normalized spacial score (nSPS) is 31.1. The zero-order valence-corrected chi connectivity index (χ0v) is 11.4. The van der Waals surface area contributed by atoms with E-state index in [0.29, 0.717) is 11.5 Å². The van der Waals surface area contributed by atoms with Crippen LogP contribution in [0.4, 0.5) is 0 Å². The van der Waals surface area contributed by atoms with Crippen molar-refractivity contribution in [1.82, 2.24) is 5.32 Å². The third-order valence-electron chi connectivity index (χ3n) is 4.35. The van der Waals surface area contributed by atoms with Crippen molar-refractivity contribution in [3.8, 4) is 0 Å². The molecule has 0 saturated heterocycles. The lowest BCUT2D eigenvalue weighted by atomic mass is 9.51. The zero-order valence-electron chi connectivity index (χ0n) is 10.6. The number of rotatable bonds is 7. The van der Waals surface area contributed by atoms with Crippen molar-refractivity contribution in [3.63, 3.8) is 0 Å². The van der Waals surface area contributed by atoms with Gasteiger partial charge in [-0.2, -0.15) is 11.8 Å². The topological polar surface area (TPSA) is 21.3 Å². The minimum absolute atomic E-state index is 0.537. The second kappa shape index (κ2) is 5.74. The highest BCUT2D eigenvalue weighted by molar-refractivity contribution is 7.98. The van der Waals surface area contributed by atoms with Crippen LogP contribution in [-0.2, 0) is 4.74 Å². The van der Waals surface area contributed by atoms with E-state index < -0.39 is 0 Å². The van der Waals surface area contributed by atoms with Crippen molar-refractivity contribution < 1.29 is 4.74 Å². The lowest BCUT2D eigenvalue weighted by Crippen LogP contribution is -2.66. The molecule has 0 bridgehead atoms. The SMILES string of the molecule is CCOC1CC(NCCCSC)C12CCC2. The van der Waals surface area contributed by atoms with Crippen LogP contribution in [0.5, 0.6) is 0 Å². The number of hydrogen-bond acceptors (Lipinski definition) is 3. The number of ether oxygens (including phenoxy) is 1. The molecule has 0 aromatic heterocycles. The maximum absolute atomic E-state index is 5.85. The van der Waals surface area contributed by atoms with Crippen LogP contribution in [0.2, 0.25) is 0 Å². The fourth-order valence-electron chi connectivity index (χ4n) is 3.22. The van der Waals surface area contributed by atoms with Crippen LogP contribution in [0.1, 0.15) is 39.0 Å². The molecule has 2 rings (SSSR count). The highest BCUT2D eigenvalue weighted by Gasteiger charge is 2.58. The first-order chi connectivity index (χ1) is 7.83. The van der Waals surface area contributed by atoms with Gasteiger partial charge in [0.15, 0.2) is 0 Å². The Morgan fingerprint density at radius 3 is 2.81 bits per heavy atom. The van der Waals surface area contributed by atoms with Crippen molar-refractivity contribution in [3.05, 3.63) is 0 Å². The monoisotopic (exact) mass is 243 g/mol. The summed E-state index contributed by atoms with van der Waals surface area (Å²) in [7, 11) is 0. The third-order valence-corrected chi connectivity index (χ3v) is 5.05. The first kappa shape index (κ1) is 12.7. The Morgan fingerprint density at radius 1 is 1.44 bits per heavy atom. The van der Waals surface area contributed by atoms with Gasteiger partial charge in [-0.3, -0.25) is 0 Å². The molecule has 16 heavy (non-hydrogen) atoms. The van der Waals surface area contributed by atoms with E-state index in [9.17, 15) is 0 Å². The molecule has 2 aliphatic rings. The van der Waals surface area contributed by atoms with E-state index in [1.807, 2.05) is 11.8 Å². The summed E-state index contributed by atoms with van der Waals surface area (Å²) in [6, 6.07) is 0.750. The van der Waals surface area contributed by atoms with Gasteiger partial charge in [0.2, 0.25) is 0 Å². The molecule has 0 radical (unpaired) electrons. The highest BCUT2D eigenvalue weighted by Crippen LogP contribution is 2.57. The summed E-state index contributed by atoms with van der Waals surface area (Å²) in [5.41, 5.74) is 0.537. The maximum atomic E-state index is 5.85. The predicted octanol–water partition coefficient (Wildman–Crippen LogP) is 2.68. The Kier molecular flexibility index (Phi) is 4.57. The van der Waals surface area contributed by atoms with Gasteiger partial charge in [-0.15, -0.1) is 0 Å². The van der Waals surface area contributed by atoms with Crippen LogP contribution in [0.25, 0.3) is 0 Å². The Balaban J connectivity index is 1.71. The molecule has 3 heteroatoms. The minimum Gasteiger partial charge on any atom is -0.378 e. The molecule has 0 amide bonds. The molecule has 2 atom stereocenters. The van der Waals surface area contributed by atoms with E-state index in [2.05, 4.69) is 18.5 Å². The summed E-state index contributed by atoms with van der Waals surface area (Å²) < 4.78 is 5.85. The van der Waals surface area contributed by atoms with Crippen molar-refractivity contribution in [2.45, 2.75) is 51.2 Å². The number of hydrogen-bond donors (Lipinski definition) is 1. The molecule has 2 fully saturated rings. The summed E-state index contributed by atoms with van der Waals surface area (Å²) in [4.78, 5) is 0. The molecule has 0 aromatic carbocycles. The number of nitrogens with one attached hydrogen (secondary N) is 1. The van der Waals surface area contributed by atoms with E-state index in [1.165, 1.54) is 44.4 Å². The van der Waals surface area contributed by atoms with Crippen LogP contribution in [-0.4, -0.2) is 37.3 Å². The van der Waals surface area contributed by atoms with Gasteiger partial charge in [0, 0.05) is 18.1 Å². The van der Waals surface area contributed by atoms with Crippen molar-refractivity contribution >= 4 is 11.8 Å². The minimum atomic E-state index is 0.537. The molecule has 0 aliphatic heterocycles. The summed E-state index contributed by atoms with van der Waals surface area (Å²) >= 11 is 1.94. The third kappa shape index (κ3) is 2.27. The summed E-state index contributed by atoms with van der Waals surface area (Å²) in [5, 5.41) is 3.74. The van der Waals surface area contributed by atoms with Gasteiger partial charge in [-0.1, -0.05) is 6.42 Å². The highest BCUT2D eigenvalue weighted by atomic mass is 32.2. The van der Waals surface area contributed by atoms with E-state index in [4.69, 9.17) is 4.74 Å². The van der Waals surface area contributed by atoms with Crippen molar-refractivity contribution in [2.24, 2.45) is 5.41 Å². The van der Waals surface area contributed by atoms with Crippen LogP contribution < -0.4 is 5.32 Å². The van der Waals surface area contributed by atoms with Gasteiger partial charge in [-0.25, -0.2) is 0 Å². The molecule has 0 heterocycles. The standard InChI is InChI=1S/C13H25NOS/c1-3-15-12-10-11(13(12)6-4-7-13)14-8-5-9-16-2/h11-12,14H,3-10H2,1-2H3. The Hall–Kier alpha value is 0.270. The molecule has 2 aliphatic carbocycles. The lowest BCUT2D eigenvalue weighted by molar-refractivity contribution is -0.172. The van der Waals surface area contributed by atoms with Gasteiger partial charge in [0.1, 0.15) is 0 Å². The quantitative estimate of drug-likeness (QED) is 0.695. The van der Waals surface area contributed by atoms with E-state index in [-0.39, 0.29) is 0 Å². The lowest BCUT2D eigenvalue weighted by Gasteiger charge is -2.61. The molecule has 1 spiro atoms. The average Bonchev–Trinajstić information content (AvgIpc) is 2.18. The molecular weight excluding hydrogens is 218 g/mol. The first-order valence-electron chi connectivity index (χ1n) is 6.67. The Labute approximate surface area is 104 Å². The van der Waals surface area contributed by atoms with Crippen LogP contribution >= 0.6 is 11.8 Å². The van der Waals surface area contributed by atoms with Crippen LogP contribution in [0, 0.1) is 5.41 Å². The van der Waals surface area contributed by atoms with Crippen molar-refractivity contribution in [1.29, 1.82) is 0 Å². The smallest absolute Gasteiger partial charge is 0.0661 e. The van der Waals surface area contributed by atoms with Gasteiger partial charge in [0.05, 0.1) is 6.10 Å². The fourth-order valence-corrected chi connectivity index (χ4v) is 3.65. The predicted molar refractivity (Wildman–Crippen MR) is 71.1 cm³/mol. The van der Waals surface area contributed by atoms with Crippen molar-refractivity contribution in [2.75, 3.05) is 25.2 Å². The number of thioether (sulfide) groups is 1. The second-order valence-electron chi connectivity index (χ2n) is 5.12. The van der Waals surface area contributed by atoms with Gasteiger partial charge in [0.25, 0.3) is 0 Å². The molecule has 2 nitrogen and oxygen atoms in total. The fraction of sp³-hybridized carbons (Fsp3) is 1.00. The van der Waals surface area contributed by atoms with Gasteiger partial charge in [-0.05, 0) is 51.2 Å². The van der Waals surface area contributed by atoms with Gasteiger partial charge < -0.3 is 10.1 Å². The molecular formula is C13H25NOS. The molecule has 94 valence electrons. The zero-order chi connectivity index (χ0) is 11.4. The van der Waals surface area contributed by atoms with E-state index in [1.54, 1.807) is 0 Å². The average molecular weight is 243 g/mol. The van der Waals surface area contributed by atoms with Crippen LogP contribution in [0.3, 0.4) is 0 Å². The van der Waals surface area contributed by atoms with Gasteiger partial charge >= 0.3 is 0 Å². The summed E-state index contributed by atoms with van der Waals surface area (Å²) in [6.45, 7) is 4.18. The Morgan fingerprint density at radius 2 is 2.25 bits per heavy atom.